The van der Waals surface area contributed by atoms with Crippen LogP contribution in [0, 0.1) is 52.7 Å². The van der Waals surface area contributed by atoms with E-state index in [1.165, 1.54) is 102 Å². The summed E-state index contributed by atoms with van der Waals surface area (Å²) in [6, 6.07) is 6.36. The van der Waals surface area contributed by atoms with E-state index >= 15 is 0 Å². The van der Waals surface area contributed by atoms with Gasteiger partial charge in [0.2, 0.25) is 0 Å². The van der Waals surface area contributed by atoms with Gasteiger partial charge in [0.05, 0.1) is 5.56 Å². The second-order valence-electron chi connectivity index (χ2n) is 10.2. The van der Waals surface area contributed by atoms with E-state index in [2.05, 4.69) is 24.8 Å². The monoisotopic (exact) mass is 433 g/mol. The van der Waals surface area contributed by atoms with Crippen molar-refractivity contribution in [2.75, 3.05) is 0 Å². The first-order chi connectivity index (χ1) is 15.7. The minimum atomic E-state index is -0.499. The van der Waals surface area contributed by atoms with Crippen LogP contribution in [0.25, 0.3) is 0 Å². The smallest absolute Gasteiger partial charge is 0.142 e. The number of halogens is 1. The summed E-state index contributed by atoms with van der Waals surface area (Å²) in [5.74, 6) is 9.09. The maximum Gasteiger partial charge on any atom is 0.142 e. The fourth-order valence-corrected chi connectivity index (χ4v) is 5.63. The zero-order valence-corrected chi connectivity index (χ0v) is 19.9. The lowest BCUT2D eigenvalue weighted by molar-refractivity contribution is 0.219. The quantitative estimate of drug-likeness (QED) is 0.297. The van der Waals surface area contributed by atoms with Crippen molar-refractivity contribution in [1.82, 2.24) is 0 Å². The summed E-state index contributed by atoms with van der Waals surface area (Å²) in [6.07, 6.45) is 24.0. The van der Waals surface area contributed by atoms with E-state index in [0.717, 1.165) is 17.8 Å². The normalized spacial score (nSPS) is 25.8. The molecule has 0 heterocycles. The maximum atomic E-state index is 13.6. The van der Waals surface area contributed by atoms with E-state index in [4.69, 9.17) is 5.26 Å². The summed E-state index contributed by atoms with van der Waals surface area (Å²) >= 11 is 0. The van der Waals surface area contributed by atoms with Gasteiger partial charge >= 0.3 is 0 Å². The highest BCUT2D eigenvalue weighted by atomic mass is 19.1. The third-order valence-corrected chi connectivity index (χ3v) is 7.81. The van der Waals surface area contributed by atoms with Gasteiger partial charge < -0.3 is 0 Å². The van der Waals surface area contributed by atoms with Crippen LogP contribution >= 0.6 is 0 Å². The molecule has 3 rings (SSSR count). The van der Waals surface area contributed by atoms with Crippen LogP contribution in [0.2, 0.25) is 0 Å². The Morgan fingerprint density at radius 2 is 1.53 bits per heavy atom. The molecular weight excluding hydrogens is 393 g/mol. The number of allylic oxidation sites excluding steroid dienone is 2. The largest absolute Gasteiger partial charge is 0.206 e. The van der Waals surface area contributed by atoms with Crippen molar-refractivity contribution in [1.29, 1.82) is 5.26 Å². The predicted octanol–water partition coefficient (Wildman–Crippen LogP) is 8.58. The van der Waals surface area contributed by atoms with Gasteiger partial charge in [-0.1, -0.05) is 89.0 Å². The Balaban J connectivity index is 1.30. The van der Waals surface area contributed by atoms with Crippen LogP contribution in [-0.2, 0) is 0 Å². The lowest BCUT2D eigenvalue weighted by Gasteiger charge is -2.31. The topological polar surface area (TPSA) is 23.8 Å². The summed E-state index contributed by atoms with van der Waals surface area (Å²) in [6.45, 7) is 2.30. The van der Waals surface area contributed by atoms with Gasteiger partial charge in [-0.2, -0.15) is 5.26 Å². The Bertz CT molecular complexity index is 821. The second kappa shape index (κ2) is 13.5. The molecule has 0 atom stereocenters. The minimum Gasteiger partial charge on any atom is -0.206 e. The molecule has 0 bridgehead atoms. The van der Waals surface area contributed by atoms with Crippen LogP contribution in [0.15, 0.2) is 30.4 Å². The second-order valence-corrected chi connectivity index (χ2v) is 10.2. The van der Waals surface area contributed by atoms with Gasteiger partial charge in [-0.3, -0.25) is 0 Å². The molecule has 32 heavy (non-hydrogen) atoms. The number of nitrogens with zero attached hydrogens (tertiary/aromatic N) is 1. The third kappa shape index (κ3) is 8.13. The Hall–Kier alpha value is -2.06. The van der Waals surface area contributed by atoms with Crippen LogP contribution in [0.4, 0.5) is 4.39 Å². The SMILES string of the molecule is CCCCC[C@H]1CC[C@H](CC[C@H]2CC[C@H](C=CC#Cc3ccc(C#N)c(F)c3)CC2)CC1. The van der Waals surface area contributed by atoms with Crippen molar-refractivity contribution in [3.63, 3.8) is 0 Å². The Kier molecular flexibility index (Phi) is 10.4. The van der Waals surface area contributed by atoms with Gasteiger partial charge in [0.1, 0.15) is 11.9 Å². The van der Waals surface area contributed by atoms with E-state index in [-0.39, 0.29) is 5.56 Å². The van der Waals surface area contributed by atoms with Gasteiger partial charge in [0.15, 0.2) is 0 Å². The van der Waals surface area contributed by atoms with Crippen molar-refractivity contribution < 1.29 is 4.39 Å². The first kappa shape index (κ1) is 24.6. The van der Waals surface area contributed by atoms with Crippen LogP contribution < -0.4 is 0 Å². The molecule has 2 aliphatic rings. The molecule has 0 saturated heterocycles. The first-order valence-corrected chi connectivity index (χ1v) is 13.1. The van der Waals surface area contributed by atoms with E-state index in [1.807, 2.05) is 12.1 Å². The molecule has 2 heteroatoms. The van der Waals surface area contributed by atoms with Crippen LogP contribution in [-0.4, -0.2) is 0 Å². The molecule has 0 unspecified atom stereocenters. The summed E-state index contributed by atoms with van der Waals surface area (Å²) in [5.41, 5.74) is 0.683. The number of unbranched alkanes of at least 4 members (excludes halogenated alkanes) is 2. The van der Waals surface area contributed by atoms with Gasteiger partial charge in [0.25, 0.3) is 0 Å². The van der Waals surface area contributed by atoms with Crippen molar-refractivity contribution in [2.24, 2.45) is 23.7 Å². The predicted molar refractivity (Wildman–Crippen MR) is 131 cm³/mol. The number of hydrogen-bond donors (Lipinski definition) is 0. The van der Waals surface area contributed by atoms with Gasteiger partial charge in [-0.05, 0) is 73.6 Å². The summed E-state index contributed by atoms with van der Waals surface area (Å²) in [5, 5.41) is 8.79. The maximum absolute atomic E-state index is 13.6. The third-order valence-electron chi connectivity index (χ3n) is 7.81. The van der Waals surface area contributed by atoms with Gasteiger partial charge in [-0.15, -0.1) is 0 Å². The molecule has 0 amide bonds. The zero-order valence-electron chi connectivity index (χ0n) is 19.9. The Morgan fingerprint density at radius 1 is 0.906 bits per heavy atom. The first-order valence-electron chi connectivity index (χ1n) is 13.1. The molecule has 0 spiro atoms. The molecule has 0 aliphatic heterocycles. The highest BCUT2D eigenvalue weighted by molar-refractivity contribution is 5.42. The summed E-state index contributed by atoms with van der Waals surface area (Å²) < 4.78 is 13.6. The Labute approximate surface area is 195 Å². The summed E-state index contributed by atoms with van der Waals surface area (Å²) in [7, 11) is 0. The molecule has 0 N–H and O–H groups in total. The zero-order chi connectivity index (χ0) is 22.6. The van der Waals surface area contributed by atoms with Crippen LogP contribution in [0.3, 0.4) is 0 Å². The van der Waals surface area contributed by atoms with Gasteiger partial charge in [0, 0.05) is 5.56 Å². The molecule has 2 aliphatic carbocycles. The van der Waals surface area contributed by atoms with E-state index < -0.39 is 5.82 Å². The number of nitriles is 1. The highest BCUT2D eigenvalue weighted by Gasteiger charge is 2.24. The summed E-state index contributed by atoms with van der Waals surface area (Å²) in [4.78, 5) is 0. The lowest BCUT2D eigenvalue weighted by Crippen LogP contribution is -2.17. The molecule has 1 aromatic carbocycles. The number of hydrogen-bond acceptors (Lipinski definition) is 1. The van der Waals surface area contributed by atoms with Crippen molar-refractivity contribution in [2.45, 2.75) is 96.8 Å². The molecular formula is C30H40FN. The highest BCUT2D eigenvalue weighted by Crippen LogP contribution is 2.38. The van der Waals surface area contributed by atoms with Crippen molar-refractivity contribution >= 4 is 0 Å². The van der Waals surface area contributed by atoms with Crippen molar-refractivity contribution in [3.05, 3.63) is 47.3 Å². The molecule has 172 valence electrons. The molecule has 1 nitrogen and oxygen atoms in total. The molecule has 1 aromatic rings. The Morgan fingerprint density at radius 3 is 2.12 bits per heavy atom. The number of rotatable bonds is 8. The van der Waals surface area contributed by atoms with E-state index in [0.29, 0.717) is 11.5 Å². The average molecular weight is 434 g/mol. The standard InChI is InChI=1S/C30H40FN/c1-2-3-4-7-24-10-14-26(15-11-24)18-19-27-16-12-25(13-17-27)8-5-6-9-28-20-21-29(23-32)30(31)22-28/h5,8,20-22,24-27H,2-4,7,10-19H2,1H3/t24-,25-,26-,27-. The molecule has 0 radical (unpaired) electrons. The molecule has 2 fully saturated rings. The van der Waals surface area contributed by atoms with E-state index in [9.17, 15) is 4.39 Å². The van der Waals surface area contributed by atoms with E-state index in [1.54, 1.807) is 6.07 Å². The molecule has 2 saturated carbocycles. The fourth-order valence-electron chi connectivity index (χ4n) is 5.63. The minimum absolute atomic E-state index is 0.0675. The lowest BCUT2D eigenvalue weighted by atomic mass is 9.75. The van der Waals surface area contributed by atoms with Gasteiger partial charge in [-0.25, -0.2) is 4.39 Å². The molecule has 0 aromatic heterocycles. The fraction of sp³-hybridized carbons (Fsp3) is 0.633. The van der Waals surface area contributed by atoms with Crippen LogP contribution in [0.1, 0.15) is 108 Å². The number of benzene rings is 1. The van der Waals surface area contributed by atoms with Crippen molar-refractivity contribution in [3.8, 4) is 17.9 Å². The average Bonchev–Trinajstić information content (AvgIpc) is 2.82. The van der Waals surface area contributed by atoms with Crippen LogP contribution in [0.5, 0.6) is 0 Å².